The van der Waals surface area contributed by atoms with Gasteiger partial charge in [-0.3, -0.25) is 0 Å². The van der Waals surface area contributed by atoms with Crippen molar-refractivity contribution in [2.45, 2.75) is 130 Å². The van der Waals surface area contributed by atoms with Gasteiger partial charge < -0.3 is 39.6 Å². The van der Waals surface area contributed by atoms with E-state index in [9.17, 15) is 39.6 Å². The molecular weight excluding hydrogens is 606 g/mol. The third-order valence-corrected chi connectivity index (χ3v) is 3.94. The predicted molar refractivity (Wildman–Crippen MR) is 117 cm³/mol. The number of carboxylic acid groups (broad SMARTS) is 4. The van der Waals surface area contributed by atoms with E-state index in [1.54, 1.807) is 0 Å². The first-order valence-electron chi connectivity index (χ1n) is 11.9. The molecule has 0 amide bonds. The summed E-state index contributed by atoms with van der Waals surface area (Å²) in [5, 5.41) is 39.1. The van der Waals surface area contributed by atoms with Gasteiger partial charge in [0.25, 0.3) is 0 Å². The van der Waals surface area contributed by atoms with Crippen molar-refractivity contribution in [3.05, 3.63) is 0 Å². The maximum atomic E-state index is 9.76. The molecule has 0 heterocycles. The second kappa shape index (κ2) is 37.8. The number of rotatable bonds is 16. The maximum absolute atomic E-state index is 9.76. The molecule has 33 heavy (non-hydrogen) atoms. The van der Waals surface area contributed by atoms with Crippen LogP contribution in [0.25, 0.3) is 0 Å². The van der Waals surface area contributed by atoms with E-state index in [1.807, 2.05) is 27.7 Å². The van der Waals surface area contributed by atoms with Crippen molar-refractivity contribution in [1.29, 1.82) is 0 Å². The molecule has 8 nitrogen and oxygen atoms in total. The largest absolute Gasteiger partial charge is 4.00 e. The summed E-state index contributed by atoms with van der Waals surface area (Å²) in [6.07, 6.45) is 12.1. The van der Waals surface area contributed by atoms with E-state index >= 15 is 0 Å². The average molecular weight is 651 g/mol. The minimum atomic E-state index is -0.932. The van der Waals surface area contributed by atoms with Crippen molar-refractivity contribution in [2.75, 3.05) is 0 Å². The summed E-state index contributed by atoms with van der Waals surface area (Å²) in [5.74, 6) is -3.73. The molecule has 0 bridgehead atoms. The summed E-state index contributed by atoms with van der Waals surface area (Å²) in [4.78, 5) is 39.1. The van der Waals surface area contributed by atoms with Crippen LogP contribution in [0.2, 0.25) is 0 Å². The van der Waals surface area contributed by atoms with Crippen LogP contribution < -0.4 is 20.4 Å². The van der Waals surface area contributed by atoms with Crippen molar-refractivity contribution < 1.29 is 59.4 Å². The summed E-state index contributed by atoms with van der Waals surface area (Å²) >= 11 is 0. The molecule has 0 aliphatic heterocycles. The van der Waals surface area contributed by atoms with Crippen LogP contribution in [0, 0.1) is 0 Å². The Labute approximate surface area is 213 Å². The molecule has 0 rings (SSSR count). The smallest absolute Gasteiger partial charge is 0.550 e. The zero-order valence-corrected chi connectivity index (χ0v) is 23.5. The molecular formula is C24H44O8Os. The number of hydrogen-bond acceptors (Lipinski definition) is 8. The van der Waals surface area contributed by atoms with Gasteiger partial charge in [0.05, 0.1) is 0 Å². The molecule has 0 saturated heterocycles. The van der Waals surface area contributed by atoms with Gasteiger partial charge in [0, 0.05) is 23.9 Å². The second-order valence-electron chi connectivity index (χ2n) is 7.32. The summed E-state index contributed by atoms with van der Waals surface area (Å²) in [5.41, 5.74) is 0. The van der Waals surface area contributed by atoms with E-state index in [0.717, 1.165) is 77.0 Å². The third kappa shape index (κ3) is 72.4. The molecule has 0 atom stereocenters. The summed E-state index contributed by atoms with van der Waals surface area (Å²) in [6, 6.07) is 0. The fourth-order valence-corrected chi connectivity index (χ4v) is 2.08. The molecule has 0 N–H and O–H groups in total. The Balaban J connectivity index is -0.000000105. The van der Waals surface area contributed by atoms with Crippen molar-refractivity contribution in [3.63, 3.8) is 0 Å². The molecule has 9 heteroatoms. The van der Waals surface area contributed by atoms with E-state index in [2.05, 4.69) is 0 Å². The van der Waals surface area contributed by atoms with Gasteiger partial charge in [-0.25, -0.2) is 0 Å². The Bertz CT molecular complexity index is 362. The van der Waals surface area contributed by atoms with Crippen LogP contribution in [0.3, 0.4) is 0 Å². The molecule has 0 aliphatic carbocycles. The topological polar surface area (TPSA) is 161 Å². The molecule has 0 aromatic carbocycles. The molecule has 0 aliphatic rings. The Morgan fingerprint density at radius 1 is 0.394 bits per heavy atom. The SMILES string of the molecule is CCCCCC(=O)[O-].CCCCCC(=O)[O-].CCCCCC(=O)[O-].CCCCCC(=O)[O-].[Os+4]. The van der Waals surface area contributed by atoms with Gasteiger partial charge in [-0.15, -0.1) is 0 Å². The quantitative estimate of drug-likeness (QED) is 0.226. The predicted octanol–water partition coefficient (Wildman–Crippen LogP) is 1.26. The number of carbonyl (C=O) groups is 4. The summed E-state index contributed by atoms with van der Waals surface area (Å²) < 4.78 is 0. The number of aliphatic carboxylic acids is 4. The van der Waals surface area contributed by atoms with Gasteiger partial charge >= 0.3 is 19.8 Å². The van der Waals surface area contributed by atoms with E-state index in [-0.39, 0.29) is 45.5 Å². The molecule has 0 saturated carbocycles. The molecule has 0 fully saturated rings. The fraction of sp³-hybridized carbons (Fsp3) is 0.833. The van der Waals surface area contributed by atoms with Gasteiger partial charge in [0.1, 0.15) is 0 Å². The zero-order chi connectivity index (χ0) is 25.6. The number of hydrogen-bond donors (Lipinski definition) is 0. The first-order valence-corrected chi connectivity index (χ1v) is 11.9. The monoisotopic (exact) mass is 652 g/mol. The van der Waals surface area contributed by atoms with Crippen molar-refractivity contribution in [1.82, 2.24) is 0 Å². The minimum absolute atomic E-state index is 0. The number of unbranched alkanes of at least 4 members (excludes halogenated alkanes) is 8. The van der Waals surface area contributed by atoms with Gasteiger partial charge in [-0.05, 0) is 51.4 Å². The molecule has 0 aromatic heterocycles. The van der Waals surface area contributed by atoms with E-state index in [1.165, 1.54) is 0 Å². The van der Waals surface area contributed by atoms with Gasteiger partial charge in [-0.2, -0.15) is 0 Å². The van der Waals surface area contributed by atoms with Gasteiger partial charge in [-0.1, -0.05) is 79.1 Å². The van der Waals surface area contributed by atoms with Crippen molar-refractivity contribution >= 4 is 23.9 Å². The van der Waals surface area contributed by atoms with Crippen LogP contribution in [-0.2, 0) is 39.0 Å². The maximum Gasteiger partial charge on any atom is 4.00 e. The second-order valence-corrected chi connectivity index (χ2v) is 7.32. The average Bonchev–Trinajstić information content (AvgIpc) is 2.69. The summed E-state index contributed by atoms with van der Waals surface area (Å²) in [7, 11) is 0. The molecule has 0 radical (unpaired) electrons. The Kier molecular flexibility index (Phi) is 47.8. The Hall–Kier alpha value is -1.48. The number of carboxylic acids is 4. The first kappa shape index (κ1) is 41.7. The Morgan fingerprint density at radius 3 is 0.636 bits per heavy atom. The van der Waals surface area contributed by atoms with E-state index < -0.39 is 23.9 Å². The van der Waals surface area contributed by atoms with Crippen LogP contribution in [0.1, 0.15) is 130 Å². The molecule has 0 unspecified atom stereocenters. The van der Waals surface area contributed by atoms with Crippen LogP contribution in [0.4, 0.5) is 0 Å². The van der Waals surface area contributed by atoms with Crippen molar-refractivity contribution in [3.8, 4) is 0 Å². The fourth-order valence-electron chi connectivity index (χ4n) is 2.08. The zero-order valence-electron chi connectivity index (χ0n) is 20.9. The van der Waals surface area contributed by atoms with Crippen molar-refractivity contribution in [2.24, 2.45) is 0 Å². The number of carbonyl (C=O) groups excluding carboxylic acids is 4. The van der Waals surface area contributed by atoms with Crippen LogP contribution in [0.15, 0.2) is 0 Å². The molecule has 0 spiro atoms. The van der Waals surface area contributed by atoms with Gasteiger partial charge in [0.15, 0.2) is 0 Å². The first-order chi connectivity index (χ1) is 15.1. The molecule has 196 valence electrons. The Morgan fingerprint density at radius 2 is 0.545 bits per heavy atom. The molecule has 0 aromatic rings. The van der Waals surface area contributed by atoms with Crippen LogP contribution in [0.5, 0.6) is 0 Å². The normalized spacial score (nSPS) is 8.85. The summed E-state index contributed by atoms with van der Waals surface area (Å²) in [6.45, 7) is 8.15. The van der Waals surface area contributed by atoms with Crippen LogP contribution in [-0.4, -0.2) is 23.9 Å². The van der Waals surface area contributed by atoms with E-state index in [4.69, 9.17) is 0 Å². The standard InChI is InChI=1S/4C6H12O2.Os/c4*1-2-3-4-5-6(7)8;/h4*2-5H2,1H3,(H,7,8);/q;;;;+4/p-4. The van der Waals surface area contributed by atoms with E-state index in [0.29, 0.717) is 0 Å². The van der Waals surface area contributed by atoms with Gasteiger partial charge in [0.2, 0.25) is 0 Å². The third-order valence-electron chi connectivity index (χ3n) is 3.94. The minimum Gasteiger partial charge on any atom is -0.550 e. The van der Waals surface area contributed by atoms with Crippen LogP contribution >= 0.6 is 0 Å².